The number of hydrogen-bond acceptors (Lipinski definition) is 1. The van der Waals surface area contributed by atoms with E-state index in [0.29, 0.717) is 5.56 Å². The van der Waals surface area contributed by atoms with Gasteiger partial charge in [0.25, 0.3) is 0 Å². The van der Waals surface area contributed by atoms with Gasteiger partial charge in [-0.1, -0.05) is 37.1 Å². The summed E-state index contributed by atoms with van der Waals surface area (Å²) in [5.41, 5.74) is 0.529. The van der Waals surface area contributed by atoms with E-state index in [1.807, 2.05) is 0 Å². The van der Waals surface area contributed by atoms with Gasteiger partial charge >= 0.3 is 0 Å². The minimum atomic E-state index is -0.862. The van der Waals surface area contributed by atoms with Gasteiger partial charge < -0.3 is 4.74 Å². The molecule has 0 unspecified atom stereocenters. The van der Waals surface area contributed by atoms with Gasteiger partial charge in [-0.2, -0.15) is 4.39 Å². The Kier molecular flexibility index (Phi) is 8.32. The van der Waals surface area contributed by atoms with Gasteiger partial charge in [0.2, 0.25) is 5.82 Å². The number of allylic oxidation sites excluding steroid dienone is 3. The van der Waals surface area contributed by atoms with Gasteiger partial charge in [-0.15, -0.1) is 0 Å². The molecule has 0 amide bonds. The van der Waals surface area contributed by atoms with Gasteiger partial charge in [0.15, 0.2) is 11.6 Å². The van der Waals surface area contributed by atoms with Crippen LogP contribution in [0.5, 0.6) is 5.75 Å². The average Bonchev–Trinajstić information content (AvgIpc) is 2.76. The molecule has 29 heavy (non-hydrogen) atoms. The molecule has 3 rings (SSSR count). The maximum absolute atomic E-state index is 14.6. The fraction of sp³-hybridized carbons (Fsp3) is 0.615. The topological polar surface area (TPSA) is 9.23 Å². The highest BCUT2D eigenvalue weighted by molar-refractivity contribution is 5.33. The molecule has 0 radical (unpaired) electrons. The van der Waals surface area contributed by atoms with Crippen LogP contribution in [0.2, 0.25) is 0 Å². The first-order chi connectivity index (χ1) is 14.1. The maximum atomic E-state index is 14.6. The second-order valence-electron chi connectivity index (χ2n) is 8.91. The van der Waals surface area contributed by atoms with Crippen LogP contribution >= 0.6 is 0 Å². The highest BCUT2D eigenvalue weighted by atomic mass is 19.2. The zero-order valence-electron chi connectivity index (χ0n) is 18.0. The standard InChI is InChI=1S/C26H36F2O/c1-3-5-6-7-19-8-10-20(11-9-19)21-12-14-22(15-13-21)23-16-17-24(29-18-4-2)26(28)25(23)27/h3-5,16-22H,6-15H2,1-2H3. The Labute approximate surface area is 175 Å². The summed E-state index contributed by atoms with van der Waals surface area (Å²) in [6.07, 6.45) is 19.7. The maximum Gasteiger partial charge on any atom is 0.201 e. The summed E-state index contributed by atoms with van der Waals surface area (Å²) in [5, 5.41) is 0. The van der Waals surface area contributed by atoms with Crippen molar-refractivity contribution in [1.29, 1.82) is 0 Å². The van der Waals surface area contributed by atoms with E-state index in [1.54, 1.807) is 25.1 Å². The fourth-order valence-electron chi connectivity index (χ4n) is 5.44. The molecular weight excluding hydrogens is 366 g/mol. The van der Waals surface area contributed by atoms with E-state index in [9.17, 15) is 8.78 Å². The highest BCUT2D eigenvalue weighted by Crippen LogP contribution is 2.45. The molecule has 2 aliphatic rings. The van der Waals surface area contributed by atoms with E-state index < -0.39 is 11.6 Å². The SMILES string of the molecule is CC=CCCC1CCC(C2CCC(c3ccc(OC=CC)c(F)c3F)CC2)CC1. The van der Waals surface area contributed by atoms with Crippen molar-refractivity contribution in [3.8, 4) is 5.75 Å². The van der Waals surface area contributed by atoms with E-state index >= 15 is 0 Å². The lowest BCUT2D eigenvalue weighted by Gasteiger charge is -2.38. The van der Waals surface area contributed by atoms with Crippen LogP contribution in [0.15, 0.2) is 36.6 Å². The molecule has 0 saturated heterocycles. The lowest BCUT2D eigenvalue weighted by atomic mass is 9.68. The monoisotopic (exact) mass is 402 g/mol. The third-order valence-electron chi connectivity index (χ3n) is 7.15. The Morgan fingerprint density at radius 2 is 1.52 bits per heavy atom. The minimum absolute atomic E-state index is 0.0378. The Morgan fingerprint density at radius 3 is 2.14 bits per heavy atom. The molecule has 0 atom stereocenters. The number of ether oxygens (including phenoxy) is 1. The van der Waals surface area contributed by atoms with Gasteiger partial charge in [-0.05, 0) is 101 Å². The van der Waals surface area contributed by atoms with Crippen molar-refractivity contribution in [2.45, 2.75) is 84.0 Å². The summed E-state index contributed by atoms with van der Waals surface area (Å²) in [7, 11) is 0. The summed E-state index contributed by atoms with van der Waals surface area (Å²) in [6, 6.07) is 3.28. The van der Waals surface area contributed by atoms with E-state index in [2.05, 4.69) is 19.1 Å². The van der Waals surface area contributed by atoms with Crippen molar-refractivity contribution in [3.63, 3.8) is 0 Å². The van der Waals surface area contributed by atoms with Gasteiger partial charge in [0.05, 0.1) is 6.26 Å². The van der Waals surface area contributed by atoms with Crippen LogP contribution in [0.1, 0.15) is 89.5 Å². The Hall–Kier alpha value is -1.64. The van der Waals surface area contributed by atoms with Crippen LogP contribution in [0.4, 0.5) is 8.78 Å². The lowest BCUT2D eigenvalue weighted by molar-refractivity contribution is 0.156. The van der Waals surface area contributed by atoms with Crippen LogP contribution in [-0.4, -0.2) is 0 Å². The molecular formula is C26H36F2O. The van der Waals surface area contributed by atoms with Crippen molar-refractivity contribution in [2.24, 2.45) is 17.8 Å². The van der Waals surface area contributed by atoms with Gasteiger partial charge in [-0.25, -0.2) is 4.39 Å². The van der Waals surface area contributed by atoms with Crippen LogP contribution in [-0.2, 0) is 0 Å². The molecule has 1 aromatic carbocycles. The van der Waals surface area contributed by atoms with Gasteiger partial charge in [-0.3, -0.25) is 0 Å². The Balaban J connectivity index is 1.50. The first-order valence-electron chi connectivity index (χ1n) is 11.5. The summed E-state index contributed by atoms with van der Waals surface area (Å²) in [6.45, 7) is 3.87. The van der Waals surface area contributed by atoms with Crippen molar-refractivity contribution in [3.05, 3.63) is 53.8 Å². The largest absolute Gasteiger partial charge is 0.462 e. The van der Waals surface area contributed by atoms with Gasteiger partial charge in [0, 0.05) is 0 Å². The van der Waals surface area contributed by atoms with Crippen LogP contribution in [0.3, 0.4) is 0 Å². The first-order valence-corrected chi connectivity index (χ1v) is 11.5. The van der Waals surface area contributed by atoms with Crippen LogP contribution in [0.25, 0.3) is 0 Å². The molecule has 1 nitrogen and oxygen atoms in total. The predicted molar refractivity (Wildman–Crippen MR) is 116 cm³/mol. The number of benzene rings is 1. The second kappa shape index (κ2) is 10.9. The molecule has 0 N–H and O–H groups in total. The molecule has 0 spiro atoms. The molecule has 0 aromatic heterocycles. The normalized spacial score (nSPS) is 28.3. The number of hydrogen-bond donors (Lipinski definition) is 0. The van der Waals surface area contributed by atoms with E-state index in [0.717, 1.165) is 43.4 Å². The quantitative estimate of drug-likeness (QED) is 0.329. The summed E-state index contributed by atoms with van der Waals surface area (Å²) < 4.78 is 34.1. The van der Waals surface area contributed by atoms with Gasteiger partial charge in [0.1, 0.15) is 0 Å². The molecule has 3 heteroatoms. The molecule has 0 heterocycles. The van der Waals surface area contributed by atoms with Crippen LogP contribution < -0.4 is 4.74 Å². The number of rotatable bonds is 7. The third kappa shape index (κ3) is 5.71. The van der Waals surface area contributed by atoms with Crippen molar-refractivity contribution in [1.82, 2.24) is 0 Å². The first kappa shape index (κ1) is 22.1. The average molecular weight is 403 g/mol. The summed E-state index contributed by atoms with van der Waals surface area (Å²) >= 11 is 0. The zero-order valence-corrected chi connectivity index (χ0v) is 18.0. The van der Waals surface area contributed by atoms with Crippen LogP contribution in [0, 0.1) is 29.4 Å². The van der Waals surface area contributed by atoms with Crippen molar-refractivity contribution < 1.29 is 13.5 Å². The molecule has 0 bridgehead atoms. The van der Waals surface area contributed by atoms with E-state index in [4.69, 9.17) is 4.74 Å². The van der Waals surface area contributed by atoms with Crippen molar-refractivity contribution in [2.75, 3.05) is 0 Å². The summed E-state index contributed by atoms with van der Waals surface area (Å²) in [4.78, 5) is 0. The van der Waals surface area contributed by atoms with E-state index in [-0.39, 0.29) is 11.7 Å². The highest BCUT2D eigenvalue weighted by Gasteiger charge is 2.32. The fourth-order valence-corrected chi connectivity index (χ4v) is 5.44. The number of halogens is 2. The lowest BCUT2D eigenvalue weighted by Crippen LogP contribution is -2.25. The van der Waals surface area contributed by atoms with Crippen molar-refractivity contribution >= 4 is 0 Å². The molecule has 2 fully saturated rings. The molecule has 1 aromatic rings. The molecule has 2 aliphatic carbocycles. The molecule has 0 aliphatic heterocycles. The predicted octanol–water partition coefficient (Wildman–Crippen LogP) is 8.31. The van der Waals surface area contributed by atoms with E-state index in [1.165, 1.54) is 44.8 Å². The Morgan fingerprint density at radius 1 is 0.862 bits per heavy atom. The third-order valence-corrected chi connectivity index (χ3v) is 7.15. The molecule has 2 saturated carbocycles. The smallest absolute Gasteiger partial charge is 0.201 e. The minimum Gasteiger partial charge on any atom is -0.462 e. The summed E-state index contributed by atoms with van der Waals surface area (Å²) in [5.74, 6) is 1.02. The Bertz CT molecular complexity index is 693. The molecule has 160 valence electrons. The second-order valence-corrected chi connectivity index (χ2v) is 8.91. The zero-order chi connectivity index (χ0) is 20.6.